The lowest BCUT2D eigenvalue weighted by Crippen LogP contribution is -2.16. The minimum Gasteiger partial charge on any atom is -0.490 e. The normalized spacial score (nSPS) is 10.3. The molecule has 0 saturated carbocycles. The van der Waals surface area contributed by atoms with Gasteiger partial charge in [-0.3, -0.25) is 4.79 Å². The zero-order valence-corrected chi connectivity index (χ0v) is 14.4. The molecule has 0 fully saturated rings. The van der Waals surface area contributed by atoms with Gasteiger partial charge in [-0.2, -0.15) is 0 Å². The first-order valence-electron chi connectivity index (χ1n) is 7.60. The molecule has 0 radical (unpaired) electrons. The lowest BCUT2D eigenvalue weighted by molar-refractivity contribution is 0.102. The highest BCUT2D eigenvalue weighted by atomic mass is 35.5. The minimum absolute atomic E-state index is 0.195. The fraction of sp³-hybridized carbons (Fsp3) is 0.278. The molecule has 5 heteroatoms. The van der Waals surface area contributed by atoms with Gasteiger partial charge in [0, 0.05) is 24.8 Å². The van der Waals surface area contributed by atoms with E-state index in [0.717, 1.165) is 12.2 Å². The third kappa shape index (κ3) is 4.17. The summed E-state index contributed by atoms with van der Waals surface area (Å²) in [5.74, 6) is 0.297. The zero-order valence-electron chi connectivity index (χ0n) is 13.6. The SMILES string of the molecule is CCOc1c(Cl)cccc1NC(=O)c1ccc(N(C)CC)cc1. The summed E-state index contributed by atoms with van der Waals surface area (Å²) in [4.78, 5) is 14.5. The third-order valence-electron chi connectivity index (χ3n) is 3.55. The van der Waals surface area contributed by atoms with E-state index in [1.807, 2.05) is 38.2 Å². The molecule has 2 rings (SSSR count). The van der Waals surface area contributed by atoms with Gasteiger partial charge in [-0.15, -0.1) is 0 Å². The standard InChI is InChI=1S/C18H21ClN2O2/c1-4-21(3)14-11-9-13(10-12-14)18(22)20-16-8-6-7-15(19)17(16)23-5-2/h6-12H,4-5H2,1-3H3,(H,20,22). The van der Waals surface area contributed by atoms with Crippen LogP contribution in [0, 0.1) is 0 Å². The molecular weight excluding hydrogens is 312 g/mol. The van der Waals surface area contributed by atoms with Gasteiger partial charge in [-0.25, -0.2) is 0 Å². The van der Waals surface area contributed by atoms with Crippen molar-refractivity contribution in [2.24, 2.45) is 0 Å². The van der Waals surface area contributed by atoms with E-state index in [2.05, 4.69) is 17.1 Å². The summed E-state index contributed by atoms with van der Waals surface area (Å²) in [6.45, 7) is 5.34. The molecule has 0 bridgehead atoms. The number of para-hydroxylation sites is 1. The Hall–Kier alpha value is -2.20. The highest BCUT2D eigenvalue weighted by Gasteiger charge is 2.12. The predicted octanol–water partition coefficient (Wildman–Crippen LogP) is 4.45. The van der Waals surface area contributed by atoms with Crippen LogP contribution in [0.25, 0.3) is 0 Å². The number of hydrogen-bond donors (Lipinski definition) is 1. The van der Waals surface area contributed by atoms with Crippen LogP contribution in [-0.4, -0.2) is 26.1 Å². The lowest BCUT2D eigenvalue weighted by Gasteiger charge is -2.17. The number of halogens is 1. The summed E-state index contributed by atoms with van der Waals surface area (Å²) in [5, 5.41) is 3.33. The molecule has 0 heterocycles. The van der Waals surface area contributed by atoms with E-state index in [1.165, 1.54) is 0 Å². The van der Waals surface area contributed by atoms with Crippen molar-refractivity contribution in [3.8, 4) is 5.75 Å². The first-order chi connectivity index (χ1) is 11.1. The van der Waals surface area contributed by atoms with Crippen LogP contribution in [0.2, 0.25) is 5.02 Å². The van der Waals surface area contributed by atoms with E-state index in [4.69, 9.17) is 16.3 Å². The van der Waals surface area contributed by atoms with Crippen molar-refractivity contribution < 1.29 is 9.53 Å². The third-order valence-corrected chi connectivity index (χ3v) is 3.85. The van der Waals surface area contributed by atoms with E-state index in [9.17, 15) is 4.79 Å². The summed E-state index contributed by atoms with van der Waals surface area (Å²) < 4.78 is 5.52. The van der Waals surface area contributed by atoms with Crippen molar-refractivity contribution in [1.29, 1.82) is 0 Å². The summed E-state index contributed by atoms with van der Waals surface area (Å²) in [5.41, 5.74) is 2.22. The number of ether oxygens (including phenoxy) is 1. The van der Waals surface area contributed by atoms with Gasteiger partial charge in [0.25, 0.3) is 5.91 Å². The number of amides is 1. The molecule has 2 aromatic carbocycles. The van der Waals surface area contributed by atoms with Crippen LogP contribution >= 0.6 is 11.6 Å². The Labute approximate surface area is 142 Å². The first-order valence-corrected chi connectivity index (χ1v) is 7.98. The van der Waals surface area contributed by atoms with Crippen LogP contribution in [0.4, 0.5) is 11.4 Å². The Kier molecular flexibility index (Phi) is 5.88. The molecule has 0 aliphatic carbocycles. The van der Waals surface area contributed by atoms with Crippen molar-refractivity contribution in [2.45, 2.75) is 13.8 Å². The molecule has 1 N–H and O–H groups in total. The Morgan fingerprint density at radius 3 is 2.48 bits per heavy atom. The van der Waals surface area contributed by atoms with Crippen LogP contribution in [0.5, 0.6) is 5.75 Å². The molecule has 4 nitrogen and oxygen atoms in total. The molecule has 122 valence electrons. The van der Waals surface area contributed by atoms with Gasteiger partial charge >= 0.3 is 0 Å². The summed E-state index contributed by atoms with van der Waals surface area (Å²) in [6.07, 6.45) is 0. The maximum atomic E-state index is 12.4. The molecular formula is C18H21ClN2O2. The highest BCUT2D eigenvalue weighted by Crippen LogP contribution is 2.33. The molecule has 0 aliphatic rings. The average molecular weight is 333 g/mol. The van der Waals surface area contributed by atoms with Crippen molar-refractivity contribution in [3.63, 3.8) is 0 Å². The van der Waals surface area contributed by atoms with Gasteiger partial charge < -0.3 is 15.0 Å². The molecule has 0 atom stereocenters. The number of anilines is 2. The van der Waals surface area contributed by atoms with Gasteiger partial charge in [-0.05, 0) is 50.2 Å². The number of carbonyl (C=O) groups is 1. The van der Waals surface area contributed by atoms with Crippen LogP contribution in [0.3, 0.4) is 0 Å². The van der Waals surface area contributed by atoms with Crippen LogP contribution < -0.4 is 15.0 Å². The fourth-order valence-electron chi connectivity index (χ4n) is 2.14. The molecule has 2 aromatic rings. The second kappa shape index (κ2) is 7.88. The monoisotopic (exact) mass is 332 g/mol. The molecule has 0 aromatic heterocycles. The van der Waals surface area contributed by atoms with Crippen LogP contribution in [-0.2, 0) is 0 Å². The second-order valence-electron chi connectivity index (χ2n) is 5.06. The molecule has 0 aliphatic heterocycles. The van der Waals surface area contributed by atoms with Gasteiger partial charge in [0.1, 0.15) is 0 Å². The van der Waals surface area contributed by atoms with E-state index in [-0.39, 0.29) is 5.91 Å². The lowest BCUT2D eigenvalue weighted by atomic mass is 10.1. The summed E-state index contributed by atoms with van der Waals surface area (Å²) in [7, 11) is 2.01. The Balaban J connectivity index is 2.18. The smallest absolute Gasteiger partial charge is 0.255 e. The topological polar surface area (TPSA) is 41.6 Å². The molecule has 1 amide bonds. The fourth-order valence-corrected chi connectivity index (χ4v) is 2.37. The van der Waals surface area contributed by atoms with Crippen molar-refractivity contribution in [1.82, 2.24) is 0 Å². The number of nitrogens with one attached hydrogen (secondary N) is 1. The van der Waals surface area contributed by atoms with E-state index in [1.54, 1.807) is 18.2 Å². The average Bonchev–Trinajstić information content (AvgIpc) is 2.57. The maximum Gasteiger partial charge on any atom is 0.255 e. The van der Waals surface area contributed by atoms with Crippen LogP contribution in [0.15, 0.2) is 42.5 Å². The van der Waals surface area contributed by atoms with Crippen molar-refractivity contribution in [3.05, 3.63) is 53.1 Å². The number of hydrogen-bond acceptors (Lipinski definition) is 3. The molecule has 0 unspecified atom stereocenters. The van der Waals surface area contributed by atoms with Crippen LogP contribution in [0.1, 0.15) is 24.2 Å². The van der Waals surface area contributed by atoms with Gasteiger partial charge in [0.15, 0.2) is 5.75 Å². The molecule has 0 saturated heterocycles. The Bertz CT molecular complexity index is 671. The van der Waals surface area contributed by atoms with E-state index < -0.39 is 0 Å². The van der Waals surface area contributed by atoms with Gasteiger partial charge in [-0.1, -0.05) is 17.7 Å². The quantitative estimate of drug-likeness (QED) is 0.849. The zero-order chi connectivity index (χ0) is 16.8. The number of benzene rings is 2. The summed E-state index contributed by atoms with van der Waals surface area (Å²) in [6, 6.07) is 12.8. The number of nitrogens with zero attached hydrogens (tertiary/aromatic N) is 1. The van der Waals surface area contributed by atoms with Crippen molar-refractivity contribution in [2.75, 3.05) is 30.4 Å². The van der Waals surface area contributed by atoms with Gasteiger partial charge in [0.05, 0.1) is 17.3 Å². The number of carbonyl (C=O) groups excluding carboxylic acids is 1. The second-order valence-corrected chi connectivity index (χ2v) is 5.47. The summed E-state index contributed by atoms with van der Waals surface area (Å²) >= 11 is 6.13. The Morgan fingerprint density at radius 1 is 1.17 bits per heavy atom. The molecule has 23 heavy (non-hydrogen) atoms. The Morgan fingerprint density at radius 2 is 1.87 bits per heavy atom. The highest BCUT2D eigenvalue weighted by molar-refractivity contribution is 6.32. The number of rotatable bonds is 6. The van der Waals surface area contributed by atoms with E-state index >= 15 is 0 Å². The predicted molar refractivity (Wildman–Crippen MR) is 96.0 cm³/mol. The molecule has 0 spiro atoms. The largest absolute Gasteiger partial charge is 0.490 e. The van der Waals surface area contributed by atoms with Gasteiger partial charge in [0.2, 0.25) is 0 Å². The maximum absolute atomic E-state index is 12.4. The minimum atomic E-state index is -0.195. The first kappa shape index (κ1) is 17.2. The van der Waals surface area contributed by atoms with Crippen molar-refractivity contribution >= 4 is 28.9 Å². The van der Waals surface area contributed by atoms with E-state index in [0.29, 0.717) is 28.6 Å².